The van der Waals surface area contributed by atoms with Gasteiger partial charge < -0.3 is 24.5 Å². The van der Waals surface area contributed by atoms with E-state index in [-0.39, 0.29) is 0 Å². The van der Waals surface area contributed by atoms with Gasteiger partial charge in [-0.1, -0.05) is 18.2 Å². The average Bonchev–Trinajstić information content (AvgIpc) is 2.72. The highest BCUT2D eigenvalue weighted by molar-refractivity contribution is 5.74. The molecule has 1 aromatic carbocycles. The van der Waals surface area contributed by atoms with Crippen molar-refractivity contribution in [1.82, 2.24) is 9.80 Å². The van der Waals surface area contributed by atoms with Gasteiger partial charge in [0.25, 0.3) is 0 Å². The molecule has 0 saturated carbocycles. The Morgan fingerprint density at radius 2 is 1.66 bits per heavy atom. The molecule has 32 heavy (non-hydrogen) atoms. The summed E-state index contributed by atoms with van der Waals surface area (Å²) in [6, 6.07) is 6.72. The second-order valence-corrected chi connectivity index (χ2v) is 10.3. The lowest BCUT2D eigenvalue weighted by atomic mass is 10.0. The number of allylic oxidation sites excluding steroid dienone is 4. The van der Waals surface area contributed by atoms with Gasteiger partial charge >= 0.3 is 0 Å². The normalized spacial score (nSPS) is 15.3. The van der Waals surface area contributed by atoms with Gasteiger partial charge in [0, 0.05) is 71.2 Å². The Hall–Kier alpha value is -2.24. The van der Waals surface area contributed by atoms with E-state index in [2.05, 4.69) is 119 Å². The van der Waals surface area contributed by atoms with E-state index in [1.807, 2.05) is 0 Å². The number of likely N-dealkylation sites (N-methyl/N-ethyl adjacent to an activating group) is 1. The Bertz CT molecular complexity index is 815. The molecule has 5 nitrogen and oxygen atoms in total. The number of hydrogen-bond acceptors (Lipinski definition) is 4. The fourth-order valence-corrected chi connectivity index (χ4v) is 3.95. The summed E-state index contributed by atoms with van der Waals surface area (Å²) in [5.41, 5.74) is 6.32. The zero-order chi connectivity index (χ0) is 23.7. The van der Waals surface area contributed by atoms with Crippen LogP contribution >= 0.6 is 0 Å². The summed E-state index contributed by atoms with van der Waals surface area (Å²) in [5, 5.41) is 3.73. The summed E-state index contributed by atoms with van der Waals surface area (Å²) in [6.07, 6.45) is 12.4. The summed E-state index contributed by atoms with van der Waals surface area (Å²) < 4.78 is 1.08. The fraction of sp³-hybridized carbons (Fsp3) is 0.556. The number of benzene rings is 1. The Morgan fingerprint density at radius 3 is 2.25 bits per heavy atom. The van der Waals surface area contributed by atoms with Crippen molar-refractivity contribution in [1.29, 1.82) is 0 Å². The zero-order valence-electron chi connectivity index (χ0n) is 21.8. The molecule has 0 bridgehead atoms. The molecule has 0 atom stereocenters. The minimum Gasteiger partial charge on any atom is -0.384 e. The number of nitrogens with one attached hydrogen (secondary N) is 1. The van der Waals surface area contributed by atoms with Crippen molar-refractivity contribution in [2.75, 3.05) is 92.8 Å². The minimum atomic E-state index is 0.970. The standard InChI is InChI=1S/C27H46N5/c1-29(2)18-10-20-32(7,8)19-9-17-28-27-22-26(31(5)6)16-13-24(27)21-23-11-14-25(15-12-23)30(3)4/h11,13-16,21-22,28H,9-10,12,17-20H2,1-8H3/q+1/b23-21-. The van der Waals surface area contributed by atoms with Gasteiger partial charge in [-0.25, -0.2) is 0 Å². The van der Waals surface area contributed by atoms with E-state index in [1.54, 1.807) is 0 Å². The first-order chi connectivity index (χ1) is 15.1. The van der Waals surface area contributed by atoms with Crippen LogP contribution in [0, 0.1) is 0 Å². The largest absolute Gasteiger partial charge is 0.384 e. The lowest BCUT2D eigenvalue weighted by Crippen LogP contribution is -2.42. The monoisotopic (exact) mass is 440 g/mol. The maximum absolute atomic E-state index is 3.73. The van der Waals surface area contributed by atoms with Crippen LogP contribution in [0.2, 0.25) is 0 Å². The van der Waals surface area contributed by atoms with Crippen molar-refractivity contribution in [3.63, 3.8) is 0 Å². The molecule has 0 aromatic heterocycles. The third-order valence-corrected chi connectivity index (χ3v) is 6.05. The van der Waals surface area contributed by atoms with E-state index in [9.17, 15) is 0 Å². The van der Waals surface area contributed by atoms with Crippen molar-refractivity contribution in [3.8, 4) is 0 Å². The zero-order valence-corrected chi connectivity index (χ0v) is 21.8. The van der Waals surface area contributed by atoms with E-state index in [0.29, 0.717) is 0 Å². The molecule has 0 unspecified atom stereocenters. The van der Waals surface area contributed by atoms with Crippen molar-refractivity contribution in [2.24, 2.45) is 0 Å². The minimum absolute atomic E-state index is 0.970. The molecule has 0 radical (unpaired) electrons. The molecular weight excluding hydrogens is 394 g/mol. The highest BCUT2D eigenvalue weighted by Gasteiger charge is 2.14. The summed E-state index contributed by atoms with van der Waals surface area (Å²) in [7, 11) is 17.4. The summed E-state index contributed by atoms with van der Waals surface area (Å²) >= 11 is 0. The van der Waals surface area contributed by atoms with Crippen LogP contribution in [0.3, 0.4) is 0 Å². The molecule has 0 heterocycles. The van der Waals surface area contributed by atoms with E-state index >= 15 is 0 Å². The maximum atomic E-state index is 3.73. The molecule has 1 aliphatic rings. The van der Waals surface area contributed by atoms with Crippen LogP contribution in [0.5, 0.6) is 0 Å². The Kier molecular flexibility index (Phi) is 9.85. The molecule has 0 fully saturated rings. The lowest BCUT2D eigenvalue weighted by Gasteiger charge is -2.30. The van der Waals surface area contributed by atoms with Gasteiger partial charge in [-0.3, -0.25) is 0 Å². The van der Waals surface area contributed by atoms with Gasteiger partial charge in [-0.2, -0.15) is 0 Å². The molecular formula is C27H46N5+. The smallest absolute Gasteiger partial charge is 0.0799 e. The molecule has 1 N–H and O–H groups in total. The predicted octanol–water partition coefficient (Wildman–Crippen LogP) is 4.37. The topological polar surface area (TPSA) is 21.8 Å². The van der Waals surface area contributed by atoms with E-state index in [1.165, 1.54) is 47.7 Å². The summed E-state index contributed by atoms with van der Waals surface area (Å²) in [4.78, 5) is 6.60. The van der Waals surface area contributed by atoms with E-state index in [0.717, 1.165) is 30.4 Å². The first kappa shape index (κ1) is 26.0. The van der Waals surface area contributed by atoms with Gasteiger partial charge in [0.05, 0.1) is 27.2 Å². The van der Waals surface area contributed by atoms with Gasteiger partial charge in [0.1, 0.15) is 0 Å². The number of nitrogens with zero attached hydrogens (tertiary/aromatic N) is 4. The SMILES string of the molecule is CN(C)CCC[N+](C)(C)CCCNc1cc(N(C)C)ccc1/C=C1/C=CC(N(C)C)=CC1. The molecule has 1 aromatic rings. The predicted molar refractivity (Wildman–Crippen MR) is 142 cm³/mol. The molecule has 1 aliphatic carbocycles. The first-order valence-electron chi connectivity index (χ1n) is 11.9. The van der Waals surface area contributed by atoms with E-state index in [4.69, 9.17) is 0 Å². The third-order valence-electron chi connectivity index (χ3n) is 6.05. The van der Waals surface area contributed by atoms with E-state index < -0.39 is 0 Å². The quantitative estimate of drug-likeness (QED) is 0.385. The van der Waals surface area contributed by atoms with Crippen LogP contribution in [-0.2, 0) is 0 Å². The third kappa shape index (κ3) is 8.71. The maximum Gasteiger partial charge on any atom is 0.0799 e. The Morgan fingerprint density at radius 1 is 0.938 bits per heavy atom. The fourth-order valence-electron chi connectivity index (χ4n) is 3.95. The van der Waals surface area contributed by atoms with Crippen LogP contribution in [0.25, 0.3) is 6.08 Å². The van der Waals surface area contributed by atoms with Gasteiger partial charge in [0.15, 0.2) is 0 Å². The first-order valence-corrected chi connectivity index (χ1v) is 11.9. The van der Waals surface area contributed by atoms with Gasteiger partial charge in [-0.05, 0) is 55.9 Å². The van der Waals surface area contributed by atoms with Crippen LogP contribution in [0.1, 0.15) is 24.8 Å². The second-order valence-electron chi connectivity index (χ2n) is 10.3. The van der Waals surface area contributed by atoms with Crippen LogP contribution < -0.4 is 10.2 Å². The number of rotatable bonds is 12. The lowest BCUT2D eigenvalue weighted by molar-refractivity contribution is -0.890. The highest BCUT2D eigenvalue weighted by Crippen LogP contribution is 2.27. The molecule has 5 heteroatoms. The Balaban J connectivity index is 2.01. The Labute approximate surface area is 197 Å². The van der Waals surface area contributed by atoms with Crippen LogP contribution in [0.4, 0.5) is 11.4 Å². The number of hydrogen-bond donors (Lipinski definition) is 1. The molecule has 0 amide bonds. The van der Waals surface area contributed by atoms with Crippen molar-refractivity contribution in [3.05, 3.63) is 53.3 Å². The summed E-state index contributed by atoms with van der Waals surface area (Å²) in [6.45, 7) is 4.56. The summed E-state index contributed by atoms with van der Waals surface area (Å²) in [5.74, 6) is 0. The van der Waals surface area contributed by atoms with Gasteiger partial charge in [0.2, 0.25) is 0 Å². The van der Waals surface area contributed by atoms with Gasteiger partial charge in [-0.15, -0.1) is 0 Å². The van der Waals surface area contributed by atoms with Crippen LogP contribution in [-0.4, -0.2) is 96.8 Å². The van der Waals surface area contributed by atoms with Crippen molar-refractivity contribution >= 4 is 17.5 Å². The highest BCUT2D eigenvalue weighted by atomic mass is 15.3. The van der Waals surface area contributed by atoms with Crippen LogP contribution in [0.15, 0.2) is 47.7 Å². The molecule has 0 spiro atoms. The molecule has 0 aliphatic heterocycles. The number of quaternary nitrogens is 1. The molecule has 2 rings (SSSR count). The van der Waals surface area contributed by atoms with Crippen molar-refractivity contribution < 1.29 is 4.48 Å². The second kappa shape index (κ2) is 12.1. The molecule has 178 valence electrons. The van der Waals surface area contributed by atoms with Crippen molar-refractivity contribution in [2.45, 2.75) is 19.3 Å². The number of anilines is 2. The molecule has 0 saturated heterocycles. The average molecular weight is 441 g/mol.